The largest absolute Gasteiger partial charge is 0.347 e. The van der Waals surface area contributed by atoms with Crippen LogP contribution < -0.4 is 5.32 Å². The minimum absolute atomic E-state index is 0.0133. The summed E-state index contributed by atoms with van der Waals surface area (Å²) in [6, 6.07) is 9.70. The first kappa shape index (κ1) is 18.9. The Labute approximate surface area is 168 Å². The predicted molar refractivity (Wildman–Crippen MR) is 105 cm³/mol. The lowest BCUT2D eigenvalue weighted by Crippen LogP contribution is -2.39. The highest BCUT2D eigenvalue weighted by molar-refractivity contribution is 5.93. The van der Waals surface area contributed by atoms with E-state index in [1.807, 2.05) is 42.3 Å². The maximum absolute atomic E-state index is 12.8. The number of likely N-dealkylation sites (tertiary alicyclic amines) is 1. The third-order valence-corrected chi connectivity index (χ3v) is 5.14. The molecular formula is C20H23N7O2. The number of amides is 2. The van der Waals surface area contributed by atoms with E-state index >= 15 is 0 Å². The minimum Gasteiger partial charge on any atom is -0.347 e. The second-order valence-electron chi connectivity index (χ2n) is 7.18. The molecule has 150 valence electrons. The summed E-state index contributed by atoms with van der Waals surface area (Å²) in [7, 11) is 1.81. The van der Waals surface area contributed by atoms with Crippen LogP contribution in [0.1, 0.15) is 39.4 Å². The molecule has 4 rings (SSSR count). The van der Waals surface area contributed by atoms with E-state index in [1.54, 1.807) is 28.0 Å². The first-order valence-electron chi connectivity index (χ1n) is 9.61. The standard InChI is InChI=1S/C20H23N7O2/c1-25-14-21-11-18(25)20(29)27-9-5-8-16(27)12-26-13-17(23-24-26)19(28)22-10-15-6-3-2-4-7-15/h2-4,6-7,11,13-14,16H,5,8-10,12H2,1H3,(H,22,28)/t16-/m0/s1. The number of aryl methyl sites for hydroxylation is 1. The zero-order chi connectivity index (χ0) is 20.2. The molecule has 2 amide bonds. The molecule has 1 aliphatic heterocycles. The highest BCUT2D eigenvalue weighted by Crippen LogP contribution is 2.21. The first-order valence-corrected chi connectivity index (χ1v) is 9.61. The molecule has 0 unspecified atom stereocenters. The van der Waals surface area contributed by atoms with Crippen molar-refractivity contribution in [1.82, 2.24) is 34.8 Å². The van der Waals surface area contributed by atoms with Crippen LogP contribution in [0.5, 0.6) is 0 Å². The monoisotopic (exact) mass is 393 g/mol. The van der Waals surface area contributed by atoms with Crippen LogP contribution in [0.2, 0.25) is 0 Å². The van der Waals surface area contributed by atoms with E-state index in [-0.39, 0.29) is 23.6 Å². The highest BCUT2D eigenvalue weighted by atomic mass is 16.2. The van der Waals surface area contributed by atoms with Crippen molar-refractivity contribution in [3.05, 3.63) is 66.0 Å². The second kappa shape index (κ2) is 8.26. The van der Waals surface area contributed by atoms with Crippen molar-refractivity contribution in [3.63, 3.8) is 0 Å². The van der Waals surface area contributed by atoms with E-state index in [0.29, 0.717) is 25.3 Å². The average molecular weight is 393 g/mol. The molecule has 1 N–H and O–H groups in total. The van der Waals surface area contributed by atoms with Crippen LogP contribution >= 0.6 is 0 Å². The number of nitrogens with one attached hydrogen (secondary N) is 1. The molecule has 1 fully saturated rings. The maximum atomic E-state index is 12.8. The summed E-state index contributed by atoms with van der Waals surface area (Å²) >= 11 is 0. The van der Waals surface area contributed by atoms with Gasteiger partial charge in [-0.05, 0) is 18.4 Å². The Hall–Kier alpha value is -3.49. The van der Waals surface area contributed by atoms with Gasteiger partial charge in [0.15, 0.2) is 5.69 Å². The van der Waals surface area contributed by atoms with Gasteiger partial charge in [0, 0.05) is 20.1 Å². The van der Waals surface area contributed by atoms with Crippen molar-refractivity contribution >= 4 is 11.8 Å². The van der Waals surface area contributed by atoms with Gasteiger partial charge in [-0.25, -0.2) is 9.67 Å². The zero-order valence-corrected chi connectivity index (χ0v) is 16.2. The van der Waals surface area contributed by atoms with Gasteiger partial charge in [-0.15, -0.1) is 5.10 Å². The van der Waals surface area contributed by atoms with Crippen LogP contribution in [0, 0.1) is 0 Å². The number of aromatic nitrogens is 5. The number of nitrogens with zero attached hydrogens (tertiary/aromatic N) is 6. The molecule has 0 radical (unpaired) electrons. The maximum Gasteiger partial charge on any atom is 0.273 e. The molecule has 29 heavy (non-hydrogen) atoms. The van der Waals surface area contributed by atoms with Crippen molar-refractivity contribution in [3.8, 4) is 0 Å². The second-order valence-corrected chi connectivity index (χ2v) is 7.18. The van der Waals surface area contributed by atoms with E-state index < -0.39 is 0 Å². The van der Waals surface area contributed by atoms with Crippen LogP contribution in [-0.2, 0) is 20.1 Å². The lowest BCUT2D eigenvalue weighted by atomic mass is 10.2. The number of benzene rings is 1. The van der Waals surface area contributed by atoms with Gasteiger partial charge in [-0.2, -0.15) is 0 Å². The number of hydrogen-bond acceptors (Lipinski definition) is 5. The Morgan fingerprint density at radius 3 is 2.83 bits per heavy atom. The summed E-state index contributed by atoms with van der Waals surface area (Å²) in [5.74, 6) is -0.303. The Morgan fingerprint density at radius 1 is 1.24 bits per heavy atom. The van der Waals surface area contributed by atoms with Gasteiger partial charge < -0.3 is 14.8 Å². The minimum atomic E-state index is -0.269. The Balaban J connectivity index is 1.37. The van der Waals surface area contributed by atoms with Crippen molar-refractivity contribution in [2.45, 2.75) is 32.0 Å². The molecule has 1 atom stereocenters. The van der Waals surface area contributed by atoms with Crippen LogP contribution in [-0.4, -0.2) is 53.8 Å². The fourth-order valence-corrected chi connectivity index (χ4v) is 3.58. The Morgan fingerprint density at radius 2 is 2.07 bits per heavy atom. The molecule has 1 saturated heterocycles. The quantitative estimate of drug-likeness (QED) is 0.680. The van der Waals surface area contributed by atoms with Crippen LogP contribution in [0.4, 0.5) is 0 Å². The van der Waals surface area contributed by atoms with Gasteiger partial charge >= 0.3 is 0 Å². The average Bonchev–Trinajstić information content (AvgIpc) is 3.48. The van der Waals surface area contributed by atoms with Crippen molar-refractivity contribution in [1.29, 1.82) is 0 Å². The molecule has 2 aromatic heterocycles. The van der Waals surface area contributed by atoms with Crippen LogP contribution in [0.15, 0.2) is 49.1 Å². The first-order chi connectivity index (χ1) is 14.1. The Bertz CT molecular complexity index is 995. The third kappa shape index (κ3) is 4.18. The number of rotatable bonds is 6. The Kier molecular flexibility index (Phi) is 5.37. The van der Waals surface area contributed by atoms with E-state index in [9.17, 15) is 9.59 Å². The van der Waals surface area contributed by atoms with Crippen molar-refractivity contribution in [2.75, 3.05) is 6.54 Å². The number of hydrogen-bond donors (Lipinski definition) is 1. The van der Waals surface area contributed by atoms with Gasteiger partial charge in [0.05, 0.1) is 31.3 Å². The lowest BCUT2D eigenvalue weighted by molar-refractivity contribution is 0.0711. The van der Waals surface area contributed by atoms with E-state index in [0.717, 1.165) is 18.4 Å². The molecule has 1 aliphatic rings. The van der Waals surface area contributed by atoms with E-state index in [2.05, 4.69) is 20.6 Å². The summed E-state index contributed by atoms with van der Waals surface area (Å²) in [6.07, 6.45) is 6.66. The fraction of sp³-hybridized carbons (Fsp3) is 0.350. The van der Waals surface area contributed by atoms with Gasteiger partial charge in [0.1, 0.15) is 5.69 Å². The number of carbonyl (C=O) groups excluding carboxylic acids is 2. The highest BCUT2D eigenvalue weighted by Gasteiger charge is 2.31. The van der Waals surface area contributed by atoms with Gasteiger partial charge in [0.2, 0.25) is 0 Å². The molecule has 9 heteroatoms. The normalized spacial score (nSPS) is 16.2. The predicted octanol–water partition coefficient (Wildman–Crippen LogP) is 1.25. The van der Waals surface area contributed by atoms with Gasteiger partial charge in [0.25, 0.3) is 11.8 Å². The summed E-state index contributed by atoms with van der Waals surface area (Å²) in [6.45, 7) is 1.64. The molecule has 1 aromatic carbocycles. The van der Waals surface area contributed by atoms with Crippen LogP contribution in [0.3, 0.4) is 0 Å². The molecule has 0 aliphatic carbocycles. The van der Waals surface area contributed by atoms with Gasteiger partial charge in [-0.1, -0.05) is 35.5 Å². The molecule has 0 spiro atoms. The topological polar surface area (TPSA) is 97.9 Å². The molecule has 3 heterocycles. The summed E-state index contributed by atoms with van der Waals surface area (Å²) in [5.41, 5.74) is 1.85. The fourth-order valence-electron chi connectivity index (χ4n) is 3.58. The molecular weight excluding hydrogens is 370 g/mol. The summed E-state index contributed by atoms with van der Waals surface area (Å²) in [5, 5.41) is 10.9. The summed E-state index contributed by atoms with van der Waals surface area (Å²) in [4.78, 5) is 31.0. The van der Waals surface area contributed by atoms with Crippen LogP contribution in [0.25, 0.3) is 0 Å². The number of carbonyl (C=O) groups is 2. The lowest BCUT2D eigenvalue weighted by Gasteiger charge is -2.24. The SMILES string of the molecule is Cn1cncc1C(=O)N1CCC[C@H]1Cn1cc(C(=O)NCc2ccccc2)nn1. The zero-order valence-electron chi connectivity index (χ0n) is 16.2. The molecule has 0 bridgehead atoms. The van der Waals surface area contributed by atoms with E-state index in [1.165, 1.54) is 0 Å². The molecule has 0 saturated carbocycles. The van der Waals surface area contributed by atoms with Gasteiger partial charge in [-0.3, -0.25) is 9.59 Å². The van der Waals surface area contributed by atoms with Crippen molar-refractivity contribution < 1.29 is 9.59 Å². The third-order valence-electron chi connectivity index (χ3n) is 5.14. The molecule has 3 aromatic rings. The number of imidazole rings is 1. The van der Waals surface area contributed by atoms with Crippen molar-refractivity contribution in [2.24, 2.45) is 7.05 Å². The molecule has 9 nitrogen and oxygen atoms in total. The van der Waals surface area contributed by atoms with E-state index in [4.69, 9.17) is 0 Å². The smallest absolute Gasteiger partial charge is 0.273 e. The summed E-state index contributed by atoms with van der Waals surface area (Å²) < 4.78 is 3.36.